The van der Waals surface area contributed by atoms with Crippen LogP contribution in [0.2, 0.25) is 0 Å². The monoisotopic (exact) mass is 371 g/mol. The number of carbonyl (C=O) groups is 1. The number of benzene rings is 3. The fourth-order valence-electron chi connectivity index (χ4n) is 3.59. The number of amides is 1. The summed E-state index contributed by atoms with van der Waals surface area (Å²) in [7, 11) is 0. The topological polar surface area (TPSA) is 20.3 Å². The first kappa shape index (κ1) is 19.9. The van der Waals surface area contributed by atoms with Gasteiger partial charge in [-0.25, -0.2) is 0 Å². The van der Waals surface area contributed by atoms with Gasteiger partial charge in [0.05, 0.1) is 0 Å². The standard InChI is InChI=1S/C13H17NO.C13H12/c1-2-12-8-9-13(15)14(12)10-11-6-4-3-5-7-11;1-11-7-9-13(10-8-11)12-5-3-2-4-6-12/h3-7,12H,2,8-10H2,1H3;2-10H,1H3. The van der Waals surface area contributed by atoms with E-state index in [1.165, 1.54) is 22.3 Å². The highest BCUT2D eigenvalue weighted by Crippen LogP contribution is 2.23. The predicted octanol–water partition coefficient (Wildman–Crippen LogP) is 6.25. The van der Waals surface area contributed by atoms with Crippen molar-refractivity contribution in [3.63, 3.8) is 0 Å². The van der Waals surface area contributed by atoms with Gasteiger partial charge in [-0.15, -0.1) is 0 Å². The minimum atomic E-state index is 0.311. The Kier molecular flexibility index (Phi) is 7.02. The molecule has 0 radical (unpaired) electrons. The molecule has 0 aromatic heterocycles. The molecular weight excluding hydrogens is 342 g/mol. The average Bonchev–Trinajstić information content (AvgIpc) is 3.10. The zero-order valence-corrected chi connectivity index (χ0v) is 16.8. The van der Waals surface area contributed by atoms with Crippen molar-refractivity contribution < 1.29 is 4.79 Å². The van der Waals surface area contributed by atoms with E-state index in [4.69, 9.17) is 0 Å². The number of hydrogen-bond acceptors (Lipinski definition) is 1. The van der Waals surface area contributed by atoms with Gasteiger partial charge in [0.25, 0.3) is 0 Å². The maximum atomic E-state index is 11.7. The molecule has 1 amide bonds. The highest BCUT2D eigenvalue weighted by Gasteiger charge is 2.29. The summed E-state index contributed by atoms with van der Waals surface area (Å²) >= 11 is 0. The molecule has 1 fully saturated rings. The summed E-state index contributed by atoms with van der Waals surface area (Å²) in [5, 5.41) is 0. The summed E-state index contributed by atoms with van der Waals surface area (Å²) in [6.45, 7) is 5.04. The number of aryl methyl sites for hydroxylation is 1. The average molecular weight is 372 g/mol. The number of likely N-dealkylation sites (tertiary alicyclic amines) is 1. The second-order valence-corrected chi connectivity index (χ2v) is 7.34. The van der Waals surface area contributed by atoms with Crippen LogP contribution < -0.4 is 0 Å². The van der Waals surface area contributed by atoms with Crippen molar-refractivity contribution in [2.75, 3.05) is 0 Å². The van der Waals surface area contributed by atoms with Gasteiger partial charge in [-0.3, -0.25) is 4.79 Å². The molecule has 3 aromatic carbocycles. The van der Waals surface area contributed by atoms with Crippen molar-refractivity contribution in [1.82, 2.24) is 4.90 Å². The maximum absolute atomic E-state index is 11.7. The Bertz CT molecular complexity index is 856. The first-order valence-electron chi connectivity index (χ1n) is 10.1. The van der Waals surface area contributed by atoms with Gasteiger partial charge in [0.1, 0.15) is 0 Å². The van der Waals surface area contributed by atoms with Crippen molar-refractivity contribution in [3.8, 4) is 11.1 Å². The molecule has 2 heteroatoms. The molecule has 1 aliphatic heterocycles. The lowest BCUT2D eigenvalue weighted by Crippen LogP contribution is -2.31. The SMILES string of the molecule is CCC1CCC(=O)N1Cc1ccccc1.Cc1ccc(-c2ccccc2)cc1. The maximum Gasteiger partial charge on any atom is 0.223 e. The van der Waals surface area contributed by atoms with Crippen LogP contribution >= 0.6 is 0 Å². The molecule has 0 spiro atoms. The smallest absolute Gasteiger partial charge is 0.223 e. The van der Waals surface area contributed by atoms with E-state index in [9.17, 15) is 4.79 Å². The van der Waals surface area contributed by atoms with E-state index in [-0.39, 0.29) is 0 Å². The van der Waals surface area contributed by atoms with Crippen LogP contribution in [0, 0.1) is 6.92 Å². The normalized spacial score (nSPS) is 15.9. The molecule has 3 aromatic rings. The molecule has 1 saturated heterocycles. The Morgan fingerprint density at radius 1 is 0.821 bits per heavy atom. The summed E-state index contributed by atoms with van der Waals surface area (Å²) in [6, 6.07) is 29.7. The summed E-state index contributed by atoms with van der Waals surface area (Å²) in [6.07, 6.45) is 2.83. The lowest BCUT2D eigenvalue weighted by molar-refractivity contribution is -0.129. The molecule has 2 nitrogen and oxygen atoms in total. The molecule has 0 saturated carbocycles. The van der Waals surface area contributed by atoms with Crippen LogP contribution in [0.4, 0.5) is 0 Å². The fourth-order valence-corrected chi connectivity index (χ4v) is 3.59. The Labute approximate surface area is 168 Å². The van der Waals surface area contributed by atoms with Gasteiger partial charge >= 0.3 is 0 Å². The van der Waals surface area contributed by atoms with E-state index in [1.807, 2.05) is 29.2 Å². The van der Waals surface area contributed by atoms with Crippen LogP contribution in [0.25, 0.3) is 11.1 Å². The first-order valence-corrected chi connectivity index (χ1v) is 10.1. The quantitative estimate of drug-likeness (QED) is 0.531. The molecule has 4 rings (SSSR count). The van der Waals surface area contributed by atoms with E-state index >= 15 is 0 Å². The van der Waals surface area contributed by atoms with Crippen molar-refractivity contribution in [1.29, 1.82) is 0 Å². The van der Waals surface area contributed by atoms with Crippen LogP contribution in [0.15, 0.2) is 84.9 Å². The second-order valence-electron chi connectivity index (χ2n) is 7.34. The van der Waals surface area contributed by atoms with E-state index in [1.54, 1.807) is 0 Å². The minimum absolute atomic E-state index is 0.311. The van der Waals surface area contributed by atoms with Crippen LogP contribution in [0.5, 0.6) is 0 Å². The third kappa shape index (κ3) is 5.32. The minimum Gasteiger partial charge on any atom is -0.335 e. The Balaban J connectivity index is 0.000000162. The van der Waals surface area contributed by atoms with Crippen molar-refractivity contribution in [2.45, 2.75) is 45.7 Å². The number of rotatable bonds is 4. The van der Waals surface area contributed by atoms with Gasteiger partial charge in [0, 0.05) is 19.0 Å². The molecule has 0 bridgehead atoms. The van der Waals surface area contributed by atoms with Gasteiger partial charge < -0.3 is 4.90 Å². The Morgan fingerprint density at radius 3 is 2.00 bits per heavy atom. The molecule has 0 N–H and O–H groups in total. The van der Waals surface area contributed by atoms with Gasteiger partial charge in [-0.2, -0.15) is 0 Å². The van der Waals surface area contributed by atoms with Crippen molar-refractivity contribution in [2.24, 2.45) is 0 Å². The lowest BCUT2D eigenvalue weighted by atomic mass is 10.0. The highest BCUT2D eigenvalue weighted by atomic mass is 16.2. The number of hydrogen-bond donors (Lipinski definition) is 0. The van der Waals surface area contributed by atoms with E-state index in [2.05, 4.69) is 74.5 Å². The Morgan fingerprint density at radius 2 is 1.39 bits per heavy atom. The molecule has 0 aliphatic carbocycles. The Hall–Kier alpha value is -2.87. The zero-order valence-electron chi connectivity index (χ0n) is 16.8. The van der Waals surface area contributed by atoms with E-state index in [0.717, 1.165) is 25.8 Å². The fraction of sp³-hybridized carbons (Fsp3) is 0.269. The molecule has 28 heavy (non-hydrogen) atoms. The van der Waals surface area contributed by atoms with Crippen molar-refractivity contribution in [3.05, 3.63) is 96.1 Å². The molecular formula is C26H29NO. The van der Waals surface area contributed by atoms with Crippen LogP contribution in [0.3, 0.4) is 0 Å². The molecule has 1 aliphatic rings. The molecule has 1 unspecified atom stereocenters. The van der Waals surface area contributed by atoms with Crippen LogP contribution in [-0.2, 0) is 11.3 Å². The third-order valence-electron chi connectivity index (χ3n) is 5.28. The summed E-state index contributed by atoms with van der Waals surface area (Å²) in [5.41, 5.74) is 5.10. The number of nitrogens with zero attached hydrogens (tertiary/aromatic N) is 1. The first-order chi connectivity index (χ1) is 13.7. The third-order valence-corrected chi connectivity index (χ3v) is 5.28. The van der Waals surface area contributed by atoms with Gasteiger partial charge in [-0.05, 0) is 36.5 Å². The van der Waals surface area contributed by atoms with Gasteiger partial charge in [0.15, 0.2) is 0 Å². The largest absolute Gasteiger partial charge is 0.335 e. The predicted molar refractivity (Wildman–Crippen MR) is 117 cm³/mol. The van der Waals surface area contributed by atoms with E-state index < -0.39 is 0 Å². The zero-order chi connectivity index (χ0) is 19.8. The molecule has 144 valence electrons. The van der Waals surface area contributed by atoms with Gasteiger partial charge in [0.2, 0.25) is 5.91 Å². The summed E-state index contributed by atoms with van der Waals surface area (Å²) in [4.78, 5) is 13.7. The highest BCUT2D eigenvalue weighted by molar-refractivity contribution is 5.78. The molecule has 1 heterocycles. The second kappa shape index (κ2) is 9.89. The lowest BCUT2D eigenvalue weighted by Gasteiger charge is -2.23. The summed E-state index contributed by atoms with van der Waals surface area (Å²) in [5.74, 6) is 0.311. The van der Waals surface area contributed by atoms with Crippen LogP contribution in [-0.4, -0.2) is 16.8 Å². The van der Waals surface area contributed by atoms with Gasteiger partial charge in [-0.1, -0.05) is 97.4 Å². The van der Waals surface area contributed by atoms with E-state index in [0.29, 0.717) is 11.9 Å². The van der Waals surface area contributed by atoms with Crippen LogP contribution in [0.1, 0.15) is 37.3 Å². The molecule has 1 atom stereocenters. The summed E-state index contributed by atoms with van der Waals surface area (Å²) < 4.78 is 0. The van der Waals surface area contributed by atoms with Crippen molar-refractivity contribution >= 4 is 5.91 Å². The number of carbonyl (C=O) groups excluding carboxylic acids is 1.